The van der Waals surface area contributed by atoms with Gasteiger partial charge in [-0.2, -0.15) is 0 Å². The average Bonchev–Trinajstić information content (AvgIpc) is 2.62. The summed E-state index contributed by atoms with van der Waals surface area (Å²) < 4.78 is 0. The highest BCUT2D eigenvalue weighted by Crippen LogP contribution is 2.14. The molecule has 24 heavy (non-hydrogen) atoms. The number of hydrogen-bond acceptors (Lipinski definition) is 5. The van der Waals surface area contributed by atoms with Crippen molar-refractivity contribution in [1.29, 1.82) is 0 Å². The van der Waals surface area contributed by atoms with Gasteiger partial charge in [-0.3, -0.25) is 4.98 Å². The van der Waals surface area contributed by atoms with Gasteiger partial charge in [0, 0.05) is 45.1 Å². The Morgan fingerprint density at radius 3 is 2.79 bits per heavy atom. The predicted octanol–water partition coefficient (Wildman–Crippen LogP) is 1.55. The van der Waals surface area contributed by atoms with Gasteiger partial charge in [-0.25, -0.2) is 9.78 Å². The number of carbonyl (C=O) groups excluding carboxylic acids is 1. The van der Waals surface area contributed by atoms with E-state index in [1.165, 1.54) is 0 Å². The second-order valence-corrected chi connectivity index (χ2v) is 5.86. The van der Waals surface area contributed by atoms with E-state index in [0.717, 1.165) is 37.6 Å². The number of rotatable bonds is 4. The molecule has 0 atom stereocenters. The van der Waals surface area contributed by atoms with E-state index in [1.807, 2.05) is 12.1 Å². The largest absolute Gasteiger partial charge is 0.354 e. The lowest BCUT2D eigenvalue weighted by Crippen LogP contribution is -2.44. The van der Waals surface area contributed by atoms with E-state index in [9.17, 15) is 4.79 Å². The van der Waals surface area contributed by atoms with Crippen LogP contribution in [-0.4, -0.2) is 54.1 Å². The number of nitrogens with zero attached hydrogens (tertiary/aromatic N) is 4. The molecule has 3 rings (SSSR count). The Hall–Kier alpha value is -2.67. The van der Waals surface area contributed by atoms with E-state index in [-0.39, 0.29) is 6.03 Å². The summed E-state index contributed by atoms with van der Waals surface area (Å²) in [6, 6.07) is 7.28. The van der Waals surface area contributed by atoms with Gasteiger partial charge in [0.25, 0.3) is 0 Å². The number of pyridine rings is 2. The molecule has 0 radical (unpaired) electrons. The van der Waals surface area contributed by atoms with Gasteiger partial charge in [-0.05, 0) is 36.9 Å². The Labute approximate surface area is 141 Å². The summed E-state index contributed by atoms with van der Waals surface area (Å²) in [6.45, 7) is 4.48. The van der Waals surface area contributed by atoms with Gasteiger partial charge in [0.1, 0.15) is 5.82 Å². The number of nitrogens with one attached hydrogen (secondary N) is 2. The van der Waals surface area contributed by atoms with Crippen LogP contribution in [0.15, 0.2) is 42.9 Å². The van der Waals surface area contributed by atoms with Gasteiger partial charge in [-0.1, -0.05) is 0 Å². The summed E-state index contributed by atoms with van der Waals surface area (Å²) in [4.78, 5) is 24.9. The fraction of sp³-hybridized carbons (Fsp3) is 0.353. The first-order valence-corrected chi connectivity index (χ1v) is 8.04. The first-order chi connectivity index (χ1) is 11.7. The zero-order valence-corrected chi connectivity index (χ0v) is 13.8. The first-order valence-electron chi connectivity index (χ1n) is 8.04. The highest BCUT2D eigenvalue weighted by atomic mass is 16.2. The molecule has 0 aromatic carbocycles. The Balaban J connectivity index is 1.54. The fourth-order valence-corrected chi connectivity index (χ4v) is 2.57. The molecule has 1 fully saturated rings. The van der Waals surface area contributed by atoms with E-state index in [4.69, 9.17) is 0 Å². The maximum absolute atomic E-state index is 11.9. The Kier molecular flexibility index (Phi) is 5.22. The molecule has 7 heteroatoms. The first kappa shape index (κ1) is 16.2. The van der Waals surface area contributed by atoms with Crippen molar-refractivity contribution in [1.82, 2.24) is 20.2 Å². The number of aromatic nitrogens is 2. The van der Waals surface area contributed by atoms with Gasteiger partial charge in [-0.15, -0.1) is 0 Å². The van der Waals surface area contributed by atoms with Crippen molar-refractivity contribution in [3.05, 3.63) is 48.4 Å². The molecule has 0 unspecified atom stereocenters. The smallest absolute Gasteiger partial charge is 0.319 e. The lowest BCUT2D eigenvalue weighted by molar-refractivity contribution is 0.251. The molecule has 1 aliphatic heterocycles. The van der Waals surface area contributed by atoms with E-state index in [2.05, 4.69) is 37.4 Å². The molecule has 0 aliphatic carbocycles. The van der Waals surface area contributed by atoms with Crippen LogP contribution in [0, 0.1) is 0 Å². The third kappa shape index (κ3) is 4.42. The predicted molar refractivity (Wildman–Crippen MR) is 94.0 cm³/mol. The lowest BCUT2D eigenvalue weighted by atomic mass is 10.2. The van der Waals surface area contributed by atoms with E-state index in [1.54, 1.807) is 30.7 Å². The normalized spacial score (nSPS) is 15.1. The molecule has 2 amide bonds. The molecule has 2 N–H and O–H groups in total. The Bertz CT molecular complexity index is 670. The van der Waals surface area contributed by atoms with Crippen LogP contribution in [-0.2, 0) is 6.54 Å². The van der Waals surface area contributed by atoms with Crippen molar-refractivity contribution in [2.45, 2.75) is 6.54 Å². The lowest BCUT2D eigenvalue weighted by Gasteiger charge is -2.33. The Morgan fingerprint density at radius 1 is 1.21 bits per heavy atom. The summed E-state index contributed by atoms with van der Waals surface area (Å²) >= 11 is 0. The van der Waals surface area contributed by atoms with E-state index >= 15 is 0 Å². The maximum atomic E-state index is 11.9. The molecular formula is C17H22N6O. The molecule has 0 bridgehead atoms. The molecule has 2 aromatic rings. The third-order valence-electron chi connectivity index (χ3n) is 4.01. The number of carbonyl (C=O) groups is 1. The molecule has 7 nitrogen and oxygen atoms in total. The number of likely N-dealkylation sites (N-methyl/N-ethyl adjacent to an activating group) is 1. The zero-order valence-electron chi connectivity index (χ0n) is 13.8. The summed E-state index contributed by atoms with van der Waals surface area (Å²) in [5.74, 6) is 0.968. The number of amides is 2. The number of hydrogen-bond donors (Lipinski definition) is 2. The van der Waals surface area contributed by atoms with Crippen LogP contribution >= 0.6 is 0 Å². The van der Waals surface area contributed by atoms with Crippen LogP contribution in [0.2, 0.25) is 0 Å². The van der Waals surface area contributed by atoms with Gasteiger partial charge in [0.15, 0.2) is 0 Å². The second-order valence-electron chi connectivity index (χ2n) is 5.86. The van der Waals surface area contributed by atoms with Crippen LogP contribution in [0.3, 0.4) is 0 Å². The average molecular weight is 326 g/mol. The highest BCUT2D eigenvalue weighted by Gasteiger charge is 2.15. The van der Waals surface area contributed by atoms with Crippen molar-refractivity contribution >= 4 is 17.5 Å². The van der Waals surface area contributed by atoms with Gasteiger partial charge in [0.05, 0.1) is 11.9 Å². The second kappa shape index (κ2) is 7.74. The topological polar surface area (TPSA) is 73.4 Å². The standard InChI is InChI=1S/C17H22N6O/c1-22-7-9-23(10-8-22)16-11-14(4-6-19-16)12-20-17(24)21-15-3-2-5-18-13-15/h2-6,11,13H,7-10,12H2,1H3,(H2,20,21,24). The minimum Gasteiger partial charge on any atom is -0.354 e. The van der Waals surface area contributed by atoms with Crippen molar-refractivity contribution in [2.24, 2.45) is 0 Å². The zero-order chi connectivity index (χ0) is 16.8. The molecule has 0 saturated carbocycles. The van der Waals surface area contributed by atoms with E-state index in [0.29, 0.717) is 12.2 Å². The van der Waals surface area contributed by atoms with Crippen molar-refractivity contribution in [3.63, 3.8) is 0 Å². The summed E-state index contributed by atoms with van der Waals surface area (Å²) in [6.07, 6.45) is 5.07. The third-order valence-corrected chi connectivity index (χ3v) is 4.01. The van der Waals surface area contributed by atoms with Crippen LogP contribution < -0.4 is 15.5 Å². The van der Waals surface area contributed by atoms with Crippen LogP contribution in [0.5, 0.6) is 0 Å². The molecule has 1 saturated heterocycles. The summed E-state index contributed by atoms with van der Waals surface area (Å²) in [7, 11) is 2.13. The summed E-state index contributed by atoms with van der Waals surface area (Å²) in [5, 5.41) is 5.60. The van der Waals surface area contributed by atoms with Crippen LogP contribution in [0.25, 0.3) is 0 Å². The van der Waals surface area contributed by atoms with Crippen molar-refractivity contribution in [3.8, 4) is 0 Å². The van der Waals surface area contributed by atoms with Crippen molar-refractivity contribution in [2.75, 3.05) is 43.4 Å². The fourth-order valence-electron chi connectivity index (χ4n) is 2.57. The molecule has 0 spiro atoms. The maximum Gasteiger partial charge on any atom is 0.319 e. The van der Waals surface area contributed by atoms with Crippen LogP contribution in [0.4, 0.5) is 16.3 Å². The van der Waals surface area contributed by atoms with Crippen LogP contribution in [0.1, 0.15) is 5.56 Å². The molecule has 3 heterocycles. The summed E-state index contributed by atoms with van der Waals surface area (Å²) in [5.41, 5.74) is 1.70. The molecule has 1 aliphatic rings. The minimum absolute atomic E-state index is 0.249. The Morgan fingerprint density at radius 2 is 2.04 bits per heavy atom. The number of piperazine rings is 1. The van der Waals surface area contributed by atoms with Crippen molar-refractivity contribution < 1.29 is 4.79 Å². The van der Waals surface area contributed by atoms with Gasteiger partial charge in [0.2, 0.25) is 0 Å². The highest BCUT2D eigenvalue weighted by molar-refractivity contribution is 5.88. The molecule has 2 aromatic heterocycles. The number of anilines is 2. The number of urea groups is 1. The van der Waals surface area contributed by atoms with Gasteiger partial charge >= 0.3 is 6.03 Å². The molecule has 126 valence electrons. The quantitative estimate of drug-likeness (QED) is 0.892. The van der Waals surface area contributed by atoms with Gasteiger partial charge < -0.3 is 20.4 Å². The molecular weight excluding hydrogens is 304 g/mol. The monoisotopic (exact) mass is 326 g/mol. The van der Waals surface area contributed by atoms with E-state index < -0.39 is 0 Å². The minimum atomic E-state index is -0.249. The SMILES string of the molecule is CN1CCN(c2cc(CNC(=O)Nc3cccnc3)ccn2)CC1.